The minimum atomic E-state index is -0.122. The highest BCUT2D eigenvalue weighted by atomic mass is 16.5. The molecule has 0 aliphatic carbocycles. The minimum Gasteiger partial charge on any atom is -0.489 e. The molecule has 0 saturated carbocycles. The second-order valence-electron chi connectivity index (χ2n) is 5.93. The predicted molar refractivity (Wildman–Crippen MR) is 93.9 cm³/mol. The van der Waals surface area contributed by atoms with E-state index in [1.54, 1.807) is 12.4 Å². The van der Waals surface area contributed by atoms with Crippen LogP contribution < -0.4 is 19.7 Å². The van der Waals surface area contributed by atoms with Crippen LogP contribution in [0.4, 0.5) is 5.82 Å². The van der Waals surface area contributed by atoms with Crippen molar-refractivity contribution in [2.75, 3.05) is 37.7 Å². The van der Waals surface area contributed by atoms with E-state index in [9.17, 15) is 0 Å². The first-order valence-electron chi connectivity index (χ1n) is 8.36. The Balaban J connectivity index is 1.62. The molecule has 1 aromatic heterocycles. The zero-order valence-electron chi connectivity index (χ0n) is 14.2. The Morgan fingerprint density at radius 1 is 1.17 bits per heavy atom. The van der Waals surface area contributed by atoms with Gasteiger partial charge in [-0.15, -0.1) is 0 Å². The first kappa shape index (κ1) is 16.5. The number of piperazine rings is 1. The molecule has 1 saturated heterocycles. The number of rotatable bonds is 6. The Bertz CT molecular complexity index is 659. The van der Waals surface area contributed by atoms with Gasteiger partial charge in [0.25, 0.3) is 5.88 Å². The van der Waals surface area contributed by atoms with Gasteiger partial charge < -0.3 is 19.7 Å². The van der Waals surface area contributed by atoms with E-state index >= 15 is 0 Å². The fourth-order valence-electron chi connectivity index (χ4n) is 2.64. The van der Waals surface area contributed by atoms with Crippen molar-refractivity contribution in [3.63, 3.8) is 0 Å². The van der Waals surface area contributed by atoms with Gasteiger partial charge in [-0.2, -0.15) is 0 Å². The number of benzene rings is 1. The lowest BCUT2D eigenvalue weighted by Crippen LogP contribution is -2.44. The van der Waals surface area contributed by atoms with Crippen LogP contribution in [0.5, 0.6) is 11.6 Å². The molecular formula is C18H24N4O2. The third-order valence-corrected chi connectivity index (χ3v) is 3.94. The molecule has 6 heteroatoms. The third kappa shape index (κ3) is 4.14. The average molecular weight is 328 g/mol. The Kier molecular flexibility index (Phi) is 5.48. The Morgan fingerprint density at radius 3 is 2.71 bits per heavy atom. The molecule has 0 spiro atoms. The summed E-state index contributed by atoms with van der Waals surface area (Å²) in [6, 6.07) is 7.98. The van der Waals surface area contributed by atoms with Gasteiger partial charge in [-0.3, -0.25) is 0 Å². The topological polar surface area (TPSA) is 59.5 Å². The van der Waals surface area contributed by atoms with E-state index in [0.717, 1.165) is 43.3 Å². The van der Waals surface area contributed by atoms with Crippen LogP contribution >= 0.6 is 0 Å². The summed E-state index contributed by atoms with van der Waals surface area (Å²) in [6.07, 6.45) is 3.25. The van der Waals surface area contributed by atoms with Gasteiger partial charge in [0.15, 0.2) is 5.82 Å². The smallest absolute Gasteiger partial charge is 0.258 e. The van der Waals surface area contributed by atoms with Crippen molar-refractivity contribution in [1.82, 2.24) is 15.3 Å². The first-order valence-corrected chi connectivity index (χ1v) is 8.36. The van der Waals surface area contributed by atoms with Gasteiger partial charge in [-0.1, -0.05) is 18.2 Å². The number of nitrogens with one attached hydrogen (secondary N) is 1. The third-order valence-electron chi connectivity index (χ3n) is 3.94. The maximum absolute atomic E-state index is 6.00. The van der Waals surface area contributed by atoms with Crippen molar-refractivity contribution < 1.29 is 9.47 Å². The molecule has 1 fully saturated rings. The Hall–Kier alpha value is -2.34. The van der Waals surface area contributed by atoms with Crippen LogP contribution in [0.25, 0.3) is 0 Å². The monoisotopic (exact) mass is 328 g/mol. The molecule has 1 unspecified atom stereocenters. The van der Waals surface area contributed by atoms with E-state index in [4.69, 9.17) is 9.47 Å². The largest absolute Gasteiger partial charge is 0.489 e. The number of hydrogen-bond donors (Lipinski definition) is 1. The Labute approximate surface area is 142 Å². The molecule has 1 aliphatic rings. The highest BCUT2D eigenvalue weighted by Gasteiger charge is 2.19. The summed E-state index contributed by atoms with van der Waals surface area (Å²) in [5, 5.41) is 3.34. The summed E-state index contributed by atoms with van der Waals surface area (Å²) < 4.78 is 11.9. The van der Waals surface area contributed by atoms with Crippen molar-refractivity contribution in [3.05, 3.63) is 42.2 Å². The summed E-state index contributed by atoms with van der Waals surface area (Å²) in [5.41, 5.74) is 1.12. The normalized spacial score (nSPS) is 15.8. The van der Waals surface area contributed by atoms with Crippen molar-refractivity contribution in [2.24, 2.45) is 0 Å². The molecule has 6 nitrogen and oxygen atoms in total. The molecule has 0 bridgehead atoms. The highest BCUT2D eigenvalue weighted by molar-refractivity contribution is 5.48. The molecule has 1 aliphatic heterocycles. The summed E-state index contributed by atoms with van der Waals surface area (Å²) in [6.45, 7) is 8.18. The Morgan fingerprint density at radius 2 is 1.92 bits per heavy atom. The lowest BCUT2D eigenvalue weighted by atomic mass is 10.2. The summed E-state index contributed by atoms with van der Waals surface area (Å²) >= 11 is 0. The van der Waals surface area contributed by atoms with Gasteiger partial charge in [0.05, 0.1) is 0 Å². The number of aromatic nitrogens is 2. The molecule has 128 valence electrons. The molecule has 3 rings (SSSR count). The average Bonchev–Trinajstić information content (AvgIpc) is 2.62. The second-order valence-corrected chi connectivity index (χ2v) is 5.93. The van der Waals surface area contributed by atoms with Crippen LogP contribution in [-0.4, -0.2) is 48.9 Å². The summed E-state index contributed by atoms with van der Waals surface area (Å²) in [5.74, 6) is 2.26. The van der Waals surface area contributed by atoms with Crippen molar-refractivity contribution in [1.29, 1.82) is 0 Å². The molecular weight excluding hydrogens is 304 g/mol. The number of hydrogen-bond acceptors (Lipinski definition) is 6. The standard InChI is InChI=1S/C18H24N4O2/c1-14-5-3-4-6-16(14)23-13-15(2)24-18-17(20-7-8-21-18)22-11-9-19-10-12-22/h3-8,15,19H,9-13H2,1-2H3. The molecule has 24 heavy (non-hydrogen) atoms. The van der Waals surface area contributed by atoms with E-state index in [0.29, 0.717) is 12.5 Å². The quantitative estimate of drug-likeness (QED) is 0.876. The van der Waals surface area contributed by atoms with Gasteiger partial charge in [0.1, 0.15) is 18.5 Å². The van der Waals surface area contributed by atoms with Crippen molar-refractivity contribution in [2.45, 2.75) is 20.0 Å². The van der Waals surface area contributed by atoms with Crippen LogP contribution in [0.1, 0.15) is 12.5 Å². The second kappa shape index (κ2) is 7.97. The van der Waals surface area contributed by atoms with Crippen molar-refractivity contribution in [3.8, 4) is 11.6 Å². The molecule has 1 atom stereocenters. The van der Waals surface area contributed by atoms with Crippen LogP contribution in [0.3, 0.4) is 0 Å². The van der Waals surface area contributed by atoms with Crippen LogP contribution in [0.15, 0.2) is 36.7 Å². The molecule has 2 heterocycles. The zero-order chi connectivity index (χ0) is 16.8. The minimum absolute atomic E-state index is 0.122. The van der Waals surface area contributed by atoms with E-state index in [2.05, 4.69) is 20.2 Å². The maximum Gasteiger partial charge on any atom is 0.258 e. The molecule has 0 radical (unpaired) electrons. The van der Waals surface area contributed by atoms with E-state index in [1.807, 2.05) is 38.1 Å². The van der Waals surface area contributed by atoms with Gasteiger partial charge >= 0.3 is 0 Å². The van der Waals surface area contributed by atoms with Gasteiger partial charge in [0.2, 0.25) is 0 Å². The van der Waals surface area contributed by atoms with Crippen molar-refractivity contribution >= 4 is 5.82 Å². The zero-order valence-corrected chi connectivity index (χ0v) is 14.2. The van der Waals surface area contributed by atoms with E-state index < -0.39 is 0 Å². The van der Waals surface area contributed by atoms with E-state index in [1.165, 1.54) is 0 Å². The molecule has 1 aromatic carbocycles. The lowest BCUT2D eigenvalue weighted by Gasteiger charge is -2.29. The maximum atomic E-state index is 6.00. The SMILES string of the molecule is Cc1ccccc1OCC(C)Oc1nccnc1N1CCNCC1. The van der Waals surface area contributed by atoms with Crippen LogP contribution in [-0.2, 0) is 0 Å². The highest BCUT2D eigenvalue weighted by Crippen LogP contribution is 2.24. The lowest BCUT2D eigenvalue weighted by molar-refractivity contribution is 0.137. The predicted octanol–water partition coefficient (Wildman–Crippen LogP) is 2.04. The van der Waals surface area contributed by atoms with E-state index in [-0.39, 0.29) is 6.10 Å². The fraction of sp³-hybridized carbons (Fsp3) is 0.444. The number of para-hydroxylation sites is 1. The summed E-state index contributed by atoms with van der Waals surface area (Å²) in [7, 11) is 0. The number of nitrogens with zero attached hydrogens (tertiary/aromatic N) is 3. The van der Waals surface area contributed by atoms with Gasteiger partial charge in [-0.25, -0.2) is 9.97 Å². The number of ether oxygens (including phenoxy) is 2. The number of aryl methyl sites for hydroxylation is 1. The fourth-order valence-corrected chi connectivity index (χ4v) is 2.64. The molecule has 2 aromatic rings. The van der Waals surface area contributed by atoms with Gasteiger partial charge in [0, 0.05) is 38.6 Å². The number of anilines is 1. The van der Waals surface area contributed by atoms with Crippen LogP contribution in [0.2, 0.25) is 0 Å². The molecule has 1 N–H and O–H groups in total. The molecule has 0 amide bonds. The van der Waals surface area contributed by atoms with Gasteiger partial charge in [-0.05, 0) is 25.5 Å². The van der Waals surface area contributed by atoms with Crippen LogP contribution in [0, 0.1) is 6.92 Å². The summed E-state index contributed by atoms with van der Waals surface area (Å²) in [4.78, 5) is 11.0. The first-order chi connectivity index (χ1) is 11.7.